The summed E-state index contributed by atoms with van der Waals surface area (Å²) < 4.78 is 6.87. The highest BCUT2D eigenvalue weighted by molar-refractivity contribution is 5.92. The number of hydrogen-bond donors (Lipinski definition) is 2. The molecule has 6 nitrogen and oxygen atoms in total. The van der Waals surface area contributed by atoms with Crippen molar-refractivity contribution >= 4 is 5.91 Å². The van der Waals surface area contributed by atoms with E-state index < -0.39 is 5.91 Å². The summed E-state index contributed by atoms with van der Waals surface area (Å²) >= 11 is 0. The van der Waals surface area contributed by atoms with Crippen molar-refractivity contribution in [3.05, 3.63) is 47.8 Å². The summed E-state index contributed by atoms with van der Waals surface area (Å²) in [6, 6.07) is 7.21. The summed E-state index contributed by atoms with van der Waals surface area (Å²) in [6.45, 7) is 1.88. The van der Waals surface area contributed by atoms with Crippen LogP contribution < -0.4 is 16.2 Å². The number of benzene rings is 1. The maximum absolute atomic E-state index is 11.2. The fourth-order valence-corrected chi connectivity index (χ4v) is 2.14. The number of primary amides is 1. The smallest absolute Gasteiger partial charge is 0.251 e. The normalized spacial score (nSPS) is 13.8. The molecule has 0 saturated heterocycles. The Morgan fingerprint density at radius 2 is 2.20 bits per heavy atom. The Bertz CT molecular complexity index is 607. The number of methoxy groups -OCH3 is 1. The lowest BCUT2D eigenvalue weighted by Gasteiger charge is -2.22. The topological polar surface area (TPSA) is 96.2 Å². The van der Waals surface area contributed by atoms with E-state index in [-0.39, 0.29) is 12.1 Å². The molecule has 2 atom stereocenters. The minimum Gasteiger partial charge on any atom is -0.497 e. The molecule has 1 aromatic heterocycles. The molecule has 0 bridgehead atoms. The molecule has 1 amide bonds. The van der Waals surface area contributed by atoms with E-state index in [1.54, 1.807) is 18.0 Å². The van der Waals surface area contributed by atoms with Gasteiger partial charge in [0.25, 0.3) is 5.91 Å². The number of ether oxygens (including phenoxy) is 1. The van der Waals surface area contributed by atoms with Gasteiger partial charge in [-0.05, 0) is 24.6 Å². The molecule has 4 N–H and O–H groups in total. The summed E-state index contributed by atoms with van der Waals surface area (Å²) in [5.41, 5.74) is 12.6. The van der Waals surface area contributed by atoms with E-state index >= 15 is 0 Å². The van der Waals surface area contributed by atoms with E-state index in [0.717, 1.165) is 11.3 Å². The van der Waals surface area contributed by atoms with Crippen LogP contribution in [0, 0.1) is 0 Å². The number of nitrogens with two attached hydrogens (primary N) is 2. The fraction of sp³-hybridized carbons (Fsp3) is 0.286. The summed E-state index contributed by atoms with van der Waals surface area (Å²) in [5.74, 6) is 0.237. The lowest BCUT2D eigenvalue weighted by atomic mass is 10.0. The van der Waals surface area contributed by atoms with Gasteiger partial charge in [0.05, 0.1) is 24.9 Å². The van der Waals surface area contributed by atoms with Gasteiger partial charge in [0.2, 0.25) is 0 Å². The highest BCUT2D eigenvalue weighted by atomic mass is 16.5. The van der Waals surface area contributed by atoms with Gasteiger partial charge in [0, 0.05) is 12.2 Å². The minimum atomic E-state index is -0.509. The number of carbonyl (C=O) groups excluding carboxylic acids is 1. The molecule has 6 heteroatoms. The predicted molar refractivity (Wildman–Crippen MR) is 75.5 cm³/mol. The van der Waals surface area contributed by atoms with Gasteiger partial charge in [0.15, 0.2) is 0 Å². The summed E-state index contributed by atoms with van der Waals surface area (Å²) in [4.78, 5) is 11.2. The van der Waals surface area contributed by atoms with Crippen molar-refractivity contribution in [3.63, 3.8) is 0 Å². The van der Waals surface area contributed by atoms with E-state index in [1.807, 2.05) is 31.2 Å². The first kappa shape index (κ1) is 14.1. The third-order valence-corrected chi connectivity index (χ3v) is 3.10. The molecule has 0 fully saturated rings. The molecule has 2 aromatic rings. The van der Waals surface area contributed by atoms with Gasteiger partial charge in [-0.1, -0.05) is 12.1 Å². The van der Waals surface area contributed by atoms with Crippen LogP contribution >= 0.6 is 0 Å². The highest BCUT2D eigenvalue weighted by Gasteiger charge is 2.20. The van der Waals surface area contributed by atoms with Gasteiger partial charge in [-0.15, -0.1) is 0 Å². The van der Waals surface area contributed by atoms with Crippen molar-refractivity contribution in [2.75, 3.05) is 7.11 Å². The van der Waals surface area contributed by atoms with Gasteiger partial charge >= 0.3 is 0 Å². The fourth-order valence-electron chi connectivity index (χ4n) is 2.14. The van der Waals surface area contributed by atoms with Gasteiger partial charge in [-0.3, -0.25) is 9.48 Å². The second kappa shape index (κ2) is 5.75. The zero-order valence-corrected chi connectivity index (χ0v) is 11.5. The maximum atomic E-state index is 11.2. The summed E-state index contributed by atoms with van der Waals surface area (Å²) in [6.07, 6.45) is 3.05. The number of aromatic nitrogens is 2. The molecule has 0 saturated carbocycles. The number of amides is 1. The lowest BCUT2D eigenvalue weighted by molar-refractivity contribution is 0.1000. The van der Waals surface area contributed by atoms with E-state index in [4.69, 9.17) is 16.2 Å². The maximum Gasteiger partial charge on any atom is 0.251 e. The Morgan fingerprint density at radius 3 is 2.75 bits per heavy atom. The quantitative estimate of drug-likeness (QED) is 0.847. The monoisotopic (exact) mass is 274 g/mol. The van der Waals surface area contributed by atoms with Gasteiger partial charge in [-0.25, -0.2) is 0 Å². The molecule has 1 heterocycles. The Balaban J connectivity index is 2.41. The minimum absolute atomic E-state index is 0.192. The molecular formula is C14H18N4O2. The average molecular weight is 274 g/mol. The van der Waals surface area contributed by atoms with Crippen LogP contribution in [-0.4, -0.2) is 28.8 Å². The Morgan fingerprint density at radius 1 is 1.45 bits per heavy atom. The molecule has 0 spiro atoms. The second-order valence-electron chi connectivity index (χ2n) is 4.65. The Hall–Kier alpha value is -2.34. The van der Waals surface area contributed by atoms with Crippen LogP contribution in [0.15, 0.2) is 36.7 Å². The summed E-state index contributed by atoms with van der Waals surface area (Å²) in [7, 11) is 1.61. The molecule has 20 heavy (non-hydrogen) atoms. The molecule has 1 aromatic carbocycles. The highest BCUT2D eigenvalue weighted by Crippen LogP contribution is 2.24. The molecule has 0 aliphatic heterocycles. The third kappa shape index (κ3) is 2.80. The predicted octanol–water partition coefficient (Wildman–Crippen LogP) is 0.927. The summed E-state index contributed by atoms with van der Waals surface area (Å²) in [5, 5.41) is 4.19. The molecule has 0 radical (unpaired) electrons. The van der Waals surface area contributed by atoms with Gasteiger partial charge < -0.3 is 16.2 Å². The van der Waals surface area contributed by atoms with Crippen molar-refractivity contribution in [1.82, 2.24) is 9.78 Å². The number of hydrogen-bond acceptors (Lipinski definition) is 4. The first-order chi connectivity index (χ1) is 9.52. The zero-order valence-electron chi connectivity index (χ0n) is 11.5. The molecule has 2 rings (SSSR count). The SMILES string of the molecule is COc1cccc(C(C(C)N)n2cc(C(N)=O)cn2)c1. The van der Waals surface area contributed by atoms with Crippen molar-refractivity contribution in [2.45, 2.75) is 19.0 Å². The Kier molecular flexibility index (Phi) is 4.05. The van der Waals surface area contributed by atoms with Crippen molar-refractivity contribution in [2.24, 2.45) is 11.5 Å². The van der Waals surface area contributed by atoms with Crippen LogP contribution in [0.1, 0.15) is 28.9 Å². The molecule has 2 unspecified atom stereocenters. The van der Waals surface area contributed by atoms with Crippen LogP contribution in [0.3, 0.4) is 0 Å². The molecule has 0 aliphatic rings. The van der Waals surface area contributed by atoms with Crippen molar-refractivity contribution < 1.29 is 9.53 Å². The molecule has 0 aliphatic carbocycles. The van der Waals surface area contributed by atoms with Gasteiger partial charge in [-0.2, -0.15) is 5.10 Å². The standard InChI is InChI=1S/C14H18N4O2/c1-9(15)13(10-4-3-5-12(6-10)20-2)18-8-11(7-17-18)14(16)19/h3-9,13H,15H2,1-2H3,(H2,16,19). The third-order valence-electron chi connectivity index (χ3n) is 3.10. The number of carbonyl (C=O) groups is 1. The second-order valence-corrected chi connectivity index (χ2v) is 4.65. The van der Waals surface area contributed by atoms with Crippen LogP contribution in [0.2, 0.25) is 0 Å². The van der Waals surface area contributed by atoms with E-state index in [0.29, 0.717) is 5.56 Å². The number of nitrogens with zero attached hydrogens (tertiary/aromatic N) is 2. The first-order valence-corrected chi connectivity index (χ1v) is 6.26. The van der Waals surface area contributed by atoms with E-state index in [2.05, 4.69) is 5.10 Å². The van der Waals surface area contributed by atoms with Crippen LogP contribution in [0.5, 0.6) is 5.75 Å². The van der Waals surface area contributed by atoms with E-state index in [1.165, 1.54) is 6.20 Å². The average Bonchev–Trinajstić information content (AvgIpc) is 2.88. The molecular weight excluding hydrogens is 256 g/mol. The van der Waals surface area contributed by atoms with Crippen LogP contribution in [0.25, 0.3) is 0 Å². The van der Waals surface area contributed by atoms with Crippen LogP contribution in [0.4, 0.5) is 0 Å². The van der Waals surface area contributed by atoms with Gasteiger partial charge in [0.1, 0.15) is 5.75 Å². The number of rotatable bonds is 5. The van der Waals surface area contributed by atoms with Crippen molar-refractivity contribution in [3.8, 4) is 5.75 Å². The largest absolute Gasteiger partial charge is 0.497 e. The first-order valence-electron chi connectivity index (χ1n) is 6.26. The zero-order chi connectivity index (χ0) is 14.7. The van der Waals surface area contributed by atoms with Crippen molar-refractivity contribution in [1.29, 1.82) is 0 Å². The molecule has 106 valence electrons. The lowest BCUT2D eigenvalue weighted by Crippen LogP contribution is -2.30. The van der Waals surface area contributed by atoms with Crippen LogP contribution in [-0.2, 0) is 0 Å². The van der Waals surface area contributed by atoms with E-state index in [9.17, 15) is 4.79 Å². The Labute approximate surface area is 117 Å².